The molecule has 0 aromatic heterocycles. The smallest absolute Gasteiger partial charge is 0.140 e. The van der Waals surface area contributed by atoms with Crippen LogP contribution >= 0.6 is 15.9 Å². The standard InChI is InChI=1S/C14H9BrF2N2/c15-10-1-3-13(4-2-10)19-14(8-18)9-5-11(16)7-12(17)6-9/h1-7,14,19H. The number of benzene rings is 2. The molecular weight excluding hydrogens is 314 g/mol. The predicted octanol–water partition coefficient (Wildman–Crippen LogP) is 4.40. The van der Waals surface area contributed by atoms with Crippen LogP contribution in [0, 0.1) is 23.0 Å². The topological polar surface area (TPSA) is 35.8 Å². The molecular formula is C14H9BrF2N2. The maximum absolute atomic E-state index is 13.1. The third kappa shape index (κ3) is 3.52. The van der Waals surface area contributed by atoms with Gasteiger partial charge in [-0.1, -0.05) is 15.9 Å². The summed E-state index contributed by atoms with van der Waals surface area (Å²) in [5.74, 6) is -1.40. The SMILES string of the molecule is N#CC(Nc1ccc(Br)cc1)c1cc(F)cc(F)c1. The van der Waals surface area contributed by atoms with E-state index in [-0.39, 0.29) is 5.56 Å². The van der Waals surface area contributed by atoms with Gasteiger partial charge >= 0.3 is 0 Å². The van der Waals surface area contributed by atoms with Gasteiger partial charge in [0.05, 0.1) is 6.07 Å². The van der Waals surface area contributed by atoms with E-state index in [0.29, 0.717) is 5.69 Å². The summed E-state index contributed by atoms with van der Waals surface area (Å²) in [6.45, 7) is 0. The van der Waals surface area contributed by atoms with Crippen molar-refractivity contribution < 1.29 is 8.78 Å². The second-order valence-corrected chi connectivity index (χ2v) is 4.83. The molecule has 1 N–H and O–H groups in total. The molecule has 0 radical (unpaired) electrons. The Bertz CT molecular complexity index is 600. The zero-order valence-corrected chi connectivity index (χ0v) is 11.3. The number of nitrogens with one attached hydrogen (secondary N) is 1. The third-order valence-corrected chi connectivity index (χ3v) is 3.03. The van der Waals surface area contributed by atoms with Gasteiger partial charge in [-0.25, -0.2) is 8.78 Å². The summed E-state index contributed by atoms with van der Waals surface area (Å²) in [6, 6.07) is 11.4. The fourth-order valence-corrected chi connectivity index (χ4v) is 1.91. The third-order valence-electron chi connectivity index (χ3n) is 2.50. The molecule has 19 heavy (non-hydrogen) atoms. The summed E-state index contributed by atoms with van der Waals surface area (Å²) in [5.41, 5.74) is 0.947. The van der Waals surface area contributed by atoms with Crippen LogP contribution in [-0.2, 0) is 0 Å². The van der Waals surface area contributed by atoms with Crippen LogP contribution in [-0.4, -0.2) is 0 Å². The van der Waals surface area contributed by atoms with Gasteiger partial charge in [0.15, 0.2) is 0 Å². The zero-order valence-electron chi connectivity index (χ0n) is 9.70. The van der Waals surface area contributed by atoms with Crippen molar-refractivity contribution >= 4 is 21.6 Å². The Morgan fingerprint density at radius 1 is 1.05 bits per heavy atom. The summed E-state index contributed by atoms with van der Waals surface area (Å²) in [6.07, 6.45) is 0. The molecule has 0 aliphatic rings. The van der Waals surface area contributed by atoms with Gasteiger partial charge in [0.25, 0.3) is 0 Å². The number of nitrogens with zero attached hydrogens (tertiary/aromatic N) is 1. The maximum Gasteiger partial charge on any atom is 0.140 e. The molecule has 0 spiro atoms. The molecule has 0 fully saturated rings. The van der Waals surface area contributed by atoms with Gasteiger partial charge in [-0.2, -0.15) is 5.26 Å². The van der Waals surface area contributed by atoms with Crippen molar-refractivity contribution in [2.45, 2.75) is 6.04 Å². The number of hydrogen-bond acceptors (Lipinski definition) is 2. The van der Waals surface area contributed by atoms with Crippen molar-refractivity contribution in [2.75, 3.05) is 5.32 Å². The molecule has 0 saturated heterocycles. The lowest BCUT2D eigenvalue weighted by Gasteiger charge is -2.13. The van der Waals surface area contributed by atoms with E-state index < -0.39 is 17.7 Å². The minimum Gasteiger partial charge on any atom is -0.366 e. The minimum atomic E-state index is -0.814. The highest BCUT2D eigenvalue weighted by Gasteiger charge is 2.12. The second kappa shape index (κ2) is 5.81. The molecule has 5 heteroatoms. The quantitative estimate of drug-likeness (QED) is 0.908. The number of anilines is 1. The molecule has 96 valence electrons. The van der Waals surface area contributed by atoms with Gasteiger partial charge in [0.1, 0.15) is 17.7 Å². The number of halogens is 3. The van der Waals surface area contributed by atoms with Crippen LogP contribution in [0.1, 0.15) is 11.6 Å². The first-order chi connectivity index (χ1) is 9.08. The molecule has 0 saturated carbocycles. The van der Waals surface area contributed by atoms with Crippen LogP contribution < -0.4 is 5.32 Å². The van der Waals surface area contributed by atoms with E-state index in [0.717, 1.165) is 22.7 Å². The first-order valence-electron chi connectivity index (χ1n) is 5.46. The molecule has 2 aromatic rings. The maximum atomic E-state index is 13.1. The van der Waals surface area contributed by atoms with E-state index in [1.165, 1.54) is 0 Å². The van der Waals surface area contributed by atoms with Gasteiger partial charge in [0.2, 0.25) is 0 Å². The Hall–Kier alpha value is -1.93. The van der Waals surface area contributed by atoms with Gasteiger partial charge in [-0.3, -0.25) is 0 Å². The highest BCUT2D eigenvalue weighted by molar-refractivity contribution is 9.10. The normalized spacial score (nSPS) is 11.7. The molecule has 0 bridgehead atoms. The highest BCUT2D eigenvalue weighted by atomic mass is 79.9. The zero-order chi connectivity index (χ0) is 13.8. The Labute approximate surface area is 117 Å². The molecule has 2 aromatic carbocycles. The van der Waals surface area contributed by atoms with Crippen LogP contribution in [0.4, 0.5) is 14.5 Å². The second-order valence-electron chi connectivity index (χ2n) is 3.92. The number of hydrogen-bond donors (Lipinski definition) is 1. The Balaban J connectivity index is 2.25. The van der Waals surface area contributed by atoms with E-state index in [4.69, 9.17) is 5.26 Å². The predicted molar refractivity (Wildman–Crippen MR) is 72.5 cm³/mol. The van der Waals surface area contributed by atoms with E-state index in [2.05, 4.69) is 21.2 Å². The van der Waals surface area contributed by atoms with Crippen LogP contribution in [0.3, 0.4) is 0 Å². The fourth-order valence-electron chi connectivity index (χ4n) is 1.64. The lowest BCUT2D eigenvalue weighted by atomic mass is 10.1. The van der Waals surface area contributed by atoms with E-state index >= 15 is 0 Å². The molecule has 2 nitrogen and oxygen atoms in total. The number of nitriles is 1. The Morgan fingerprint density at radius 3 is 2.16 bits per heavy atom. The van der Waals surface area contributed by atoms with Gasteiger partial charge in [0, 0.05) is 16.2 Å². The van der Waals surface area contributed by atoms with Gasteiger partial charge in [-0.15, -0.1) is 0 Å². The monoisotopic (exact) mass is 322 g/mol. The number of rotatable bonds is 3. The molecule has 0 amide bonds. The molecule has 0 heterocycles. The first-order valence-corrected chi connectivity index (χ1v) is 6.25. The van der Waals surface area contributed by atoms with Crippen molar-refractivity contribution in [1.82, 2.24) is 0 Å². The summed E-state index contributed by atoms with van der Waals surface area (Å²) < 4.78 is 27.2. The van der Waals surface area contributed by atoms with Crippen molar-refractivity contribution in [3.05, 3.63) is 64.1 Å². The highest BCUT2D eigenvalue weighted by Crippen LogP contribution is 2.22. The van der Waals surface area contributed by atoms with Crippen LogP contribution in [0.25, 0.3) is 0 Å². The summed E-state index contributed by atoms with van der Waals surface area (Å²) in [5, 5.41) is 12.0. The molecule has 0 aliphatic heterocycles. The van der Waals surface area contributed by atoms with Crippen LogP contribution in [0.5, 0.6) is 0 Å². The Kier molecular flexibility index (Phi) is 4.13. The first kappa shape index (κ1) is 13.5. The van der Waals surface area contributed by atoms with Crippen molar-refractivity contribution in [3.8, 4) is 6.07 Å². The van der Waals surface area contributed by atoms with E-state index in [1.54, 1.807) is 12.1 Å². The average molecular weight is 323 g/mol. The van der Waals surface area contributed by atoms with Crippen molar-refractivity contribution in [2.24, 2.45) is 0 Å². The average Bonchev–Trinajstić information content (AvgIpc) is 2.37. The lowest BCUT2D eigenvalue weighted by Crippen LogP contribution is -2.09. The minimum absolute atomic E-state index is 0.253. The van der Waals surface area contributed by atoms with Crippen LogP contribution in [0.15, 0.2) is 46.9 Å². The van der Waals surface area contributed by atoms with E-state index in [1.807, 2.05) is 18.2 Å². The van der Waals surface area contributed by atoms with E-state index in [9.17, 15) is 8.78 Å². The molecule has 1 atom stereocenters. The molecule has 0 aliphatic carbocycles. The fraction of sp³-hybridized carbons (Fsp3) is 0.0714. The van der Waals surface area contributed by atoms with Crippen molar-refractivity contribution in [3.63, 3.8) is 0 Å². The van der Waals surface area contributed by atoms with Crippen LogP contribution in [0.2, 0.25) is 0 Å². The Morgan fingerprint density at radius 2 is 1.63 bits per heavy atom. The summed E-state index contributed by atoms with van der Waals surface area (Å²) >= 11 is 3.30. The summed E-state index contributed by atoms with van der Waals surface area (Å²) in [4.78, 5) is 0. The van der Waals surface area contributed by atoms with Gasteiger partial charge in [-0.05, 0) is 42.0 Å². The summed E-state index contributed by atoms with van der Waals surface area (Å²) in [7, 11) is 0. The largest absolute Gasteiger partial charge is 0.366 e. The molecule has 2 rings (SSSR count). The van der Waals surface area contributed by atoms with Gasteiger partial charge < -0.3 is 5.32 Å². The lowest BCUT2D eigenvalue weighted by molar-refractivity contribution is 0.579. The molecule has 1 unspecified atom stereocenters. The van der Waals surface area contributed by atoms with Crippen molar-refractivity contribution in [1.29, 1.82) is 5.26 Å².